The first-order chi connectivity index (χ1) is 13.0. The lowest BCUT2D eigenvalue weighted by atomic mass is 9.95. The van der Waals surface area contributed by atoms with Gasteiger partial charge in [0.1, 0.15) is 5.82 Å². The second-order valence-electron chi connectivity index (χ2n) is 6.94. The van der Waals surface area contributed by atoms with Crippen molar-refractivity contribution in [3.8, 4) is 0 Å². The number of urea groups is 1. The molecule has 6 nitrogen and oxygen atoms in total. The minimum atomic E-state index is -0.597. The molecule has 140 valence electrons. The molecule has 7 heteroatoms. The number of carbonyl (C=O) groups is 2. The number of hydrogen-bond acceptors (Lipinski definition) is 3. The Balaban J connectivity index is 1.57. The van der Waals surface area contributed by atoms with Gasteiger partial charge < -0.3 is 16.0 Å². The highest BCUT2D eigenvalue weighted by molar-refractivity contribution is 5.98. The summed E-state index contributed by atoms with van der Waals surface area (Å²) in [5.41, 5.74) is 7.80. The standard InChI is InChI=1S/C20H21FN4O2/c21-17-7-6-14(25-9-8-23-20(25)27)10-15(17)19(26)24-11-16(18(22)12-24)13-4-2-1-3-5-13/h1-7,10,16,18H,8-9,11-12,22H2,(H,23,27)/t16-,18+/m0/s1. The average Bonchev–Trinajstić information content (AvgIpc) is 3.28. The number of halogens is 1. The van der Waals surface area contributed by atoms with E-state index in [0.717, 1.165) is 5.56 Å². The van der Waals surface area contributed by atoms with E-state index in [4.69, 9.17) is 5.73 Å². The molecule has 2 aromatic carbocycles. The second kappa shape index (κ2) is 7.00. The molecule has 0 saturated carbocycles. The van der Waals surface area contributed by atoms with Crippen LogP contribution in [-0.4, -0.2) is 49.1 Å². The highest BCUT2D eigenvalue weighted by Crippen LogP contribution is 2.29. The summed E-state index contributed by atoms with van der Waals surface area (Å²) in [7, 11) is 0. The van der Waals surface area contributed by atoms with E-state index < -0.39 is 11.7 Å². The summed E-state index contributed by atoms with van der Waals surface area (Å²) in [6.45, 7) is 1.83. The number of nitrogens with two attached hydrogens (primary N) is 1. The maximum atomic E-state index is 14.4. The summed E-state index contributed by atoms with van der Waals surface area (Å²) in [5.74, 6) is -0.978. The Kier molecular flexibility index (Phi) is 4.53. The smallest absolute Gasteiger partial charge is 0.321 e. The van der Waals surface area contributed by atoms with Gasteiger partial charge in [0, 0.05) is 43.8 Å². The van der Waals surface area contributed by atoms with Crippen LogP contribution in [0.15, 0.2) is 48.5 Å². The molecule has 2 fully saturated rings. The van der Waals surface area contributed by atoms with Crippen molar-refractivity contribution in [2.45, 2.75) is 12.0 Å². The van der Waals surface area contributed by atoms with Gasteiger partial charge in [0.15, 0.2) is 0 Å². The molecule has 0 aliphatic carbocycles. The van der Waals surface area contributed by atoms with Crippen molar-refractivity contribution in [2.24, 2.45) is 5.73 Å². The Morgan fingerprint density at radius 3 is 2.63 bits per heavy atom. The van der Waals surface area contributed by atoms with E-state index in [-0.39, 0.29) is 23.6 Å². The third-order valence-electron chi connectivity index (χ3n) is 5.23. The van der Waals surface area contributed by atoms with Crippen LogP contribution in [0.4, 0.5) is 14.9 Å². The van der Waals surface area contributed by atoms with Gasteiger partial charge in [-0.15, -0.1) is 0 Å². The molecule has 2 aliphatic heterocycles. The normalized spacial score (nSPS) is 22.2. The molecule has 4 rings (SSSR count). The summed E-state index contributed by atoms with van der Waals surface area (Å²) in [4.78, 5) is 27.9. The summed E-state index contributed by atoms with van der Waals surface area (Å²) < 4.78 is 14.4. The number of likely N-dealkylation sites (tertiary alicyclic amines) is 1. The molecule has 0 spiro atoms. The number of anilines is 1. The molecule has 0 unspecified atom stereocenters. The summed E-state index contributed by atoms with van der Waals surface area (Å²) in [5, 5.41) is 2.70. The van der Waals surface area contributed by atoms with Gasteiger partial charge in [0.05, 0.1) is 5.56 Å². The largest absolute Gasteiger partial charge is 0.336 e. The van der Waals surface area contributed by atoms with Crippen molar-refractivity contribution in [1.29, 1.82) is 0 Å². The summed E-state index contributed by atoms with van der Waals surface area (Å²) >= 11 is 0. The van der Waals surface area contributed by atoms with Gasteiger partial charge >= 0.3 is 6.03 Å². The summed E-state index contributed by atoms with van der Waals surface area (Å²) in [6, 6.07) is 13.6. The lowest BCUT2D eigenvalue weighted by Crippen LogP contribution is -2.33. The van der Waals surface area contributed by atoms with Gasteiger partial charge in [-0.05, 0) is 23.8 Å². The first kappa shape index (κ1) is 17.5. The van der Waals surface area contributed by atoms with Crippen LogP contribution in [-0.2, 0) is 0 Å². The van der Waals surface area contributed by atoms with Crippen LogP contribution in [0.1, 0.15) is 21.8 Å². The van der Waals surface area contributed by atoms with Crippen LogP contribution < -0.4 is 16.0 Å². The molecule has 2 aromatic rings. The van der Waals surface area contributed by atoms with Gasteiger partial charge in [0.2, 0.25) is 0 Å². The highest BCUT2D eigenvalue weighted by atomic mass is 19.1. The van der Waals surface area contributed by atoms with E-state index in [0.29, 0.717) is 31.9 Å². The van der Waals surface area contributed by atoms with E-state index in [1.165, 1.54) is 23.1 Å². The van der Waals surface area contributed by atoms with Crippen molar-refractivity contribution in [1.82, 2.24) is 10.2 Å². The molecule has 2 atom stereocenters. The van der Waals surface area contributed by atoms with Gasteiger partial charge in [0.25, 0.3) is 5.91 Å². The van der Waals surface area contributed by atoms with Crippen LogP contribution in [0.2, 0.25) is 0 Å². The van der Waals surface area contributed by atoms with Gasteiger partial charge in [-0.3, -0.25) is 9.69 Å². The number of rotatable bonds is 3. The fourth-order valence-electron chi connectivity index (χ4n) is 3.78. The van der Waals surface area contributed by atoms with Crippen LogP contribution in [0, 0.1) is 5.82 Å². The third-order valence-corrected chi connectivity index (χ3v) is 5.23. The van der Waals surface area contributed by atoms with Crippen LogP contribution >= 0.6 is 0 Å². The maximum absolute atomic E-state index is 14.4. The second-order valence-corrected chi connectivity index (χ2v) is 6.94. The molecular weight excluding hydrogens is 347 g/mol. The SMILES string of the molecule is N[C@@H]1CN(C(=O)c2cc(N3CCNC3=O)ccc2F)C[C@H]1c1ccccc1. The zero-order chi connectivity index (χ0) is 19.0. The first-order valence-corrected chi connectivity index (χ1v) is 8.99. The Morgan fingerprint density at radius 1 is 1.15 bits per heavy atom. The van der Waals surface area contributed by atoms with E-state index in [2.05, 4.69) is 5.32 Å². The van der Waals surface area contributed by atoms with Crippen LogP contribution in [0.3, 0.4) is 0 Å². The van der Waals surface area contributed by atoms with Crippen LogP contribution in [0.25, 0.3) is 0 Å². The molecule has 2 heterocycles. The number of benzene rings is 2. The lowest BCUT2D eigenvalue weighted by Gasteiger charge is -2.19. The van der Waals surface area contributed by atoms with Gasteiger partial charge in [-0.25, -0.2) is 9.18 Å². The van der Waals surface area contributed by atoms with E-state index in [1.807, 2.05) is 30.3 Å². The number of hydrogen-bond donors (Lipinski definition) is 2. The molecule has 2 saturated heterocycles. The number of nitrogens with one attached hydrogen (secondary N) is 1. The Morgan fingerprint density at radius 2 is 1.93 bits per heavy atom. The molecular formula is C20H21FN4O2. The quantitative estimate of drug-likeness (QED) is 0.869. The monoisotopic (exact) mass is 368 g/mol. The predicted molar refractivity (Wildman–Crippen MR) is 100 cm³/mol. The van der Waals surface area contributed by atoms with Gasteiger partial charge in [-0.2, -0.15) is 0 Å². The van der Waals surface area contributed by atoms with Crippen molar-refractivity contribution in [3.05, 3.63) is 65.5 Å². The Labute approximate surface area is 156 Å². The summed E-state index contributed by atoms with van der Waals surface area (Å²) in [6.07, 6.45) is 0. The molecule has 3 amide bonds. The van der Waals surface area contributed by atoms with Gasteiger partial charge in [-0.1, -0.05) is 30.3 Å². The Bertz CT molecular complexity index is 874. The zero-order valence-electron chi connectivity index (χ0n) is 14.8. The number of nitrogens with zero attached hydrogens (tertiary/aromatic N) is 2. The lowest BCUT2D eigenvalue weighted by molar-refractivity contribution is 0.0784. The molecule has 3 N–H and O–H groups in total. The molecule has 27 heavy (non-hydrogen) atoms. The molecule has 0 bridgehead atoms. The van der Waals surface area contributed by atoms with Crippen molar-refractivity contribution in [2.75, 3.05) is 31.1 Å². The van der Waals surface area contributed by atoms with E-state index in [9.17, 15) is 14.0 Å². The fraction of sp³-hybridized carbons (Fsp3) is 0.300. The van der Waals surface area contributed by atoms with E-state index in [1.54, 1.807) is 4.90 Å². The minimum absolute atomic E-state index is 0.0192. The number of amides is 3. The number of carbonyl (C=O) groups excluding carboxylic acids is 2. The molecule has 0 aromatic heterocycles. The van der Waals surface area contributed by atoms with Crippen LogP contribution in [0.5, 0.6) is 0 Å². The molecule has 0 radical (unpaired) electrons. The van der Waals surface area contributed by atoms with Crippen molar-refractivity contribution < 1.29 is 14.0 Å². The Hall–Kier alpha value is -2.93. The molecule has 2 aliphatic rings. The van der Waals surface area contributed by atoms with Crippen molar-refractivity contribution in [3.63, 3.8) is 0 Å². The highest BCUT2D eigenvalue weighted by Gasteiger charge is 2.35. The predicted octanol–water partition coefficient (Wildman–Crippen LogP) is 1.92. The topological polar surface area (TPSA) is 78.7 Å². The van der Waals surface area contributed by atoms with Crippen molar-refractivity contribution >= 4 is 17.6 Å². The average molecular weight is 368 g/mol. The first-order valence-electron chi connectivity index (χ1n) is 8.99. The maximum Gasteiger partial charge on any atom is 0.321 e. The zero-order valence-corrected chi connectivity index (χ0v) is 14.8. The third kappa shape index (κ3) is 3.26. The van der Waals surface area contributed by atoms with E-state index >= 15 is 0 Å². The minimum Gasteiger partial charge on any atom is -0.336 e. The fourth-order valence-corrected chi connectivity index (χ4v) is 3.78.